The second-order valence-electron chi connectivity index (χ2n) is 5.19. The Balaban J connectivity index is 2.70. The monoisotopic (exact) mass is 333 g/mol. The number of rotatable bonds is 8. The van der Waals surface area contributed by atoms with Crippen LogP contribution in [-0.2, 0) is 10.8 Å². The van der Waals surface area contributed by atoms with Crippen LogP contribution in [0.3, 0.4) is 0 Å². The maximum atomic E-state index is 13.0. The summed E-state index contributed by atoms with van der Waals surface area (Å²) in [6.07, 6.45) is -1.01. The van der Waals surface area contributed by atoms with Crippen molar-refractivity contribution in [3.63, 3.8) is 0 Å². The zero-order valence-electron chi connectivity index (χ0n) is 12.9. The fourth-order valence-electron chi connectivity index (χ4n) is 1.87. The van der Waals surface area contributed by atoms with E-state index < -0.39 is 28.4 Å². The molecule has 1 aromatic rings. The number of hydrogen-bond acceptors (Lipinski definition) is 2. The molecule has 1 unspecified atom stereocenters. The summed E-state index contributed by atoms with van der Waals surface area (Å²) in [5, 5.41) is 0. The molecule has 1 rings (SSSR count). The molecule has 1 aromatic carbocycles. The molecule has 0 radical (unpaired) electrons. The van der Waals surface area contributed by atoms with E-state index in [1.54, 1.807) is 24.3 Å². The van der Waals surface area contributed by atoms with Crippen LogP contribution in [0.1, 0.15) is 38.2 Å². The molecule has 0 N–H and O–H groups in total. The van der Waals surface area contributed by atoms with Crippen molar-refractivity contribution in [2.75, 3.05) is 12.3 Å². The first kappa shape index (κ1) is 18.9. The third-order valence-electron chi connectivity index (χ3n) is 3.19. The van der Waals surface area contributed by atoms with Crippen molar-refractivity contribution in [3.8, 4) is 0 Å². The Kier molecular flexibility index (Phi) is 7.79. The van der Waals surface area contributed by atoms with Crippen molar-refractivity contribution in [2.24, 2.45) is 4.99 Å². The summed E-state index contributed by atoms with van der Waals surface area (Å²) in [4.78, 5) is 4.05. The molecule has 22 heavy (non-hydrogen) atoms. The van der Waals surface area contributed by atoms with Crippen molar-refractivity contribution in [3.05, 3.63) is 29.8 Å². The topological polar surface area (TPSA) is 29.4 Å². The van der Waals surface area contributed by atoms with Crippen LogP contribution in [0.2, 0.25) is 0 Å². The Bertz CT molecular complexity index is 509. The van der Waals surface area contributed by atoms with Crippen LogP contribution in [0.25, 0.3) is 0 Å². The molecule has 124 valence electrons. The van der Waals surface area contributed by atoms with Crippen LogP contribution >= 0.6 is 0 Å². The Morgan fingerprint density at radius 3 is 2.32 bits per heavy atom. The van der Waals surface area contributed by atoms with Gasteiger partial charge in [-0.2, -0.15) is 13.2 Å². The maximum Gasteiger partial charge on any atom is 0.429 e. The number of alkyl halides is 3. The maximum absolute atomic E-state index is 13.0. The van der Waals surface area contributed by atoms with E-state index >= 15 is 0 Å². The average molecular weight is 333 g/mol. The smallest absolute Gasteiger partial charge is 0.284 e. The third-order valence-corrected chi connectivity index (χ3v) is 4.53. The Hall–Kier alpha value is -1.17. The summed E-state index contributed by atoms with van der Waals surface area (Å²) in [6.45, 7) is 4.04. The second-order valence-corrected chi connectivity index (χ2v) is 6.64. The zero-order chi connectivity index (χ0) is 16.6. The van der Waals surface area contributed by atoms with Gasteiger partial charge in [-0.1, -0.05) is 43.9 Å². The number of aryl methyl sites for hydroxylation is 1. The highest BCUT2D eigenvalue weighted by molar-refractivity contribution is 7.85. The van der Waals surface area contributed by atoms with Gasteiger partial charge in [0.15, 0.2) is 0 Å². The molecule has 0 heterocycles. The van der Waals surface area contributed by atoms with Crippen LogP contribution in [0.15, 0.2) is 34.2 Å². The molecular formula is C16H22F3NOS. The number of benzene rings is 1. The van der Waals surface area contributed by atoms with Crippen molar-refractivity contribution >= 4 is 16.5 Å². The largest absolute Gasteiger partial charge is 0.429 e. The SMILES string of the molecule is CCCCCCN=C(CS(=O)c1ccc(C)cc1)C(F)(F)F. The molecule has 0 saturated heterocycles. The van der Waals surface area contributed by atoms with Gasteiger partial charge in [-0.25, -0.2) is 0 Å². The summed E-state index contributed by atoms with van der Waals surface area (Å²) >= 11 is 0. The number of unbranched alkanes of at least 4 members (excludes halogenated alkanes) is 3. The lowest BCUT2D eigenvalue weighted by Gasteiger charge is -2.11. The molecule has 0 aliphatic rings. The molecule has 0 amide bonds. The molecule has 0 aromatic heterocycles. The molecule has 2 nitrogen and oxygen atoms in total. The van der Waals surface area contributed by atoms with E-state index in [1.165, 1.54) is 0 Å². The number of halogens is 3. The van der Waals surface area contributed by atoms with Crippen molar-refractivity contribution < 1.29 is 17.4 Å². The van der Waals surface area contributed by atoms with Crippen LogP contribution in [0.5, 0.6) is 0 Å². The van der Waals surface area contributed by atoms with Crippen LogP contribution < -0.4 is 0 Å². The van der Waals surface area contributed by atoms with Crippen LogP contribution in [0, 0.1) is 6.92 Å². The van der Waals surface area contributed by atoms with E-state index in [-0.39, 0.29) is 6.54 Å². The zero-order valence-corrected chi connectivity index (χ0v) is 13.8. The first-order valence-corrected chi connectivity index (χ1v) is 8.72. The van der Waals surface area contributed by atoms with E-state index in [1.807, 2.05) is 13.8 Å². The standard InChI is InChI=1S/C16H22F3NOS/c1-3-4-5-6-11-20-15(16(17,18)19)12-22(21)14-9-7-13(2)8-10-14/h7-10H,3-6,11-12H2,1-2H3. The average Bonchev–Trinajstić information content (AvgIpc) is 2.45. The molecule has 0 aliphatic carbocycles. The minimum atomic E-state index is -4.52. The summed E-state index contributed by atoms with van der Waals surface area (Å²) in [5.74, 6) is -0.583. The Morgan fingerprint density at radius 1 is 1.14 bits per heavy atom. The molecule has 6 heteroatoms. The lowest BCUT2D eigenvalue weighted by molar-refractivity contribution is -0.0591. The Morgan fingerprint density at radius 2 is 1.77 bits per heavy atom. The number of hydrogen-bond donors (Lipinski definition) is 0. The summed E-state index contributed by atoms with van der Waals surface area (Å²) in [7, 11) is -1.73. The Labute approximate surface area is 132 Å². The van der Waals surface area contributed by atoms with E-state index in [0.29, 0.717) is 11.3 Å². The minimum absolute atomic E-state index is 0.139. The highest BCUT2D eigenvalue weighted by Gasteiger charge is 2.36. The summed E-state index contributed by atoms with van der Waals surface area (Å²) in [5.41, 5.74) is 0.0456. The van der Waals surface area contributed by atoms with Gasteiger partial charge in [-0.05, 0) is 25.5 Å². The van der Waals surface area contributed by atoms with Crippen molar-refractivity contribution in [2.45, 2.75) is 50.6 Å². The highest BCUT2D eigenvalue weighted by Crippen LogP contribution is 2.20. The van der Waals surface area contributed by atoms with Gasteiger partial charge in [0, 0.05) is 11.4 Å². The quantitative estimate of drug-likeness (QED) is 0.501. The molecule has 0 spiro atoms. The molecular weight excluding hydrogens is 311 g/mol. The van der Waals surface area contributed by atoms with E-state index in [9.17, 15) is 17.4 Å². The molecule has 0 aliphatic heterocycles. The van der Waals surface area contributed by atoms with Gasteiger partial charge in [0.05, 0.1) is 16.6 Å². The third kappa shape index (κ3) is 6.73. The first-order valence-electron chi connectivity index (χ1n) is 7.40. The van der Waals surface area contributed by atoms with Gasteiger partial charge in [-0.15, -0.1) is 0 Å². The molecule has 0 fully saturated rings. The predicted octanol–water partition coefficient (Wildman–Crippen LogP) is 4.69. The lowest BCUT2D eigenvalue weighted by Crippen LogP contribution is -2.29. The van der Waals surface area contributed by atoms with Gasteiger partial charge < -0.3 is 0 Å². The first-order chi connectivity index (χ1) is 10.3. The van der Waals surface area contributed by atoms with Crippen LogP contribution in [-0.4, -0.2) is 28.4 Å². The van der Waals surface area contributed by atoms with Crippen molar-refractivity contribution in [1.29, 1.82) is 0 Å². The highest BCUT2D eigenvalue weighted by atomic mass is 32.2. The summed E-state index contributed by atoms with van der Waals surface area (Å²) < 4.78 is 51.0. The van der Waals surface area contributed by atoms with Gasteiger partial charge >= 0.3 is 6.18 Å². The van der Waals surface area contributed by atoms with E-state index in [4.69, 9.17) is 0 Å². The number of nitrogens with zero attached hydrogens (tertiary/aromatic N) is 1. The molecule has 0 bridgehead atoms. The number of aliphatic imine (C=N–C) groups is 1. The predicted molar refractivity (Wildman–Crippen MR) is 85.0 cm³/mol. The fourth-order valence-corrected chi connectivity index (χ4v) is 2.98. The van der Waals surface area contributed by atoms with Gasteiger partial charge in [0.2, 0.25) is 0 Å². The van der Waals surface area contributed by atoms with Gasteiger partial charge in [0.25, 0.3) is 0 Å². The normalized spacial score (nSPS) is 14.1. The second kappa shape index (κ2) is 9.08. The van der Waals surface area contributed by atoms with Gasteiger partial charge in [-0.3, -0.25) is 9.20 Å². The lowest BCUT2D eigenvalue weighted by atomic mass is 10.2. The van der Waals surface area contributed by atoms with Gasteiger partial charge in [0.1, 0.15) is 5.71 Å². The van der Waals surface area contributed by atoms with Crippen molar-refractivity contribution in [1.82, 2.24) is 0 Å². The van der Waals surface area contributed by atoms with E-state index in [0.717, 1.165) is 24.8 Å². The molecule has 0 saturated carbocycles. The van der Waals surface area contributed by atoms with Crippen LogP contribution in [0.4, 0.5) is 13.2 Å². The minimum Gasteiger partial charge on any atom is -0.284 e. The summed E-state index contributed by atoms with van der Waals surface area (Å²) in [6, 6.07) is 6.67. The molecule has 1 atom stereocenters. The fraction of sp³-hybridized carbons (Fsp3) is 0.562. The van der Waals surface area contributed by atoms with E-state index in [2.05, 4.69) is 4.99 Å².